The van der Waals surface area contributed by atoms with Crippen LogP contribution in [0.2, 0.25) is 0 Å². The molecule has 0 radical (unpaired) electrons. The Bertz CT molecular complexity index is 1260. The van der Waals surface area contributed by atoms with Crippen LogP contribution in [0.15, 0.2) is 55.0 Å². The van der Waals surface area contributed by atoms with Crippen molar-refractivity contribution in [3.8, 4) is 22.5 Å². The van der Waals surface area contributed by atoms with E-state index in [0.717, 1.165) is 23.4 Å². The smallest absolute Gasteiger partial charge is 0.220 e. The lowest BCUT2D eigenvalue weighted by Gasteiger charge is -2.17. The first-order valence-corrected chi connectivity index (χ1v) is 10.9. The fraction of sp³-hybridized carbons (Fsp3) is 0.321. The largest absolute Gasteiger partial charge is 0.257 e. The summed E-state index contributed by atoms with van der Waals surface area (Å²) >= 11 is 0. The maximum atomic E-state index is 4.71. The highest BCUT2D eigenvalue weighted by atomic mass is 14.9. The van der Waals surface area contributed by atoms with Crippen LogP contribution in [-0.4, -0.2) is 9.97 Å². The summed E-state index contributed by atoms with van der Waals surface area (Å²) in [6.07, 6.45) is 6.89. The van der Waals surface area contributed by atoms with E-state index in [9.17, 15) is 0 Å². The highest BCUT2D eigenvalue weighted by molar-refractivity contribution is 5.96. The molecule has 4 aromatic rings. The second kappa shape index (κ2) is 7.88. The first kappa shape index (κ1) is 21.2. The lowest BCUT2D eigenvalue weighted by molar-refractivity contribution is -0.659. The monoisotopic (exact) mass is 410 g/mol. The van der Waals surface area contributed by atoms with Gasteiger partial charge in [-0.15, -0.1) is 0 Å². The van der Waals surface area contributed by atoms with E-state index in [1.165, 1.54) is 38.7 Å². The first-order valence-electron chi connectivity index (χ1n) is 10.9. The van der Waals surface area contributed by atoms with Crippen LogP contribution >= 0.6 is 0 Å². The molecule has 0 unspecified atom stereocenters. The van der Waals surface area contributed by atoms with Gasteiger partial charge in [0, 0.05) is 17.8 Å². The molecule has 0 spiro atoms. The lowest BCUT2D eigenvalue weighted by Crippen LogP contribution is -2.30. The zero-order valence-corrected chi connectivity index (χ0v) is 19.7. The number of fused-ring (bicyclic) bond motifs is 1. The summed E-state index contributed by atoms with van der Waals surface area (Å²) in [6, 6.07) is 13.3. The molecule has 158 valence electrons. The fourth-order valence-electron chi connectivity index (χ4n) is 4.29. The Morgan fingerprint density at radius 3 is 2.35 bits per heavy atom. The predicted molar refractivity (Wildman–Crippen MR) is 129 cm³/mol. The van der Waals surface area contributed by atoms with E-state index >= 15 is 0 Å². The number of aromatic nitrogens is 3. The molecule has 0 saturated carbocycles. The third-order valence-electron chi connectivity index (χ3n) is 5.92. The molecule has 0 N–H and O–H groups in total. The van der Waals surface area contributed by atoms with Gasteiger partial charge in [0.1, 0.15) is 7.05 Å². The predicted octanol–water partition coefficient (Wildman–Crippen LogP) is 6.30. The minimum Gasteiger partial charge on any atom is -0.257 e. The second-order valence-electron chi connectivity index (χ2n) is 9.96. The summed E-state index contributed by atoms with van der Waals surface area (Å²) < 4.78 is 2.23. The highest BCUT2D eigenvalue weighted by Gasteiger charge is 2.19. The van der Waals surface area contributed by atoms with Crippen LogP contribution in [-0.2, 0) is 13.5 Å². The molecule has 2 heterocycles. The molecule has 0 aliphatic carbocycles. The number of pyridine rings is 1. The standard InChI is InChI=1S/C28H32N3/c1-18-12-19(2)20(3)25(13-18)27-24-9-8-22(14-21(24)10-11-31(27)7)26-17-29-23(16-30-26)15-28(4,5)6/h8-14,16-17H,15H2,1-7H3/q+1. The summed E-state index contributed by atoms with van der Waals surface area (Å²) in [7, 11) is 2.12. The maximum Gasteiger partial charge on any atom is 0.220 e. The number of benzene rings is 2. The number of rotatable bonds is 3. The molecular weight excluding hydrogens is 378 g/mol. The van der Waals surface area contributed by atoms with Gasteiger partial charge in [0.25, 0.3) is 0 Å². The van der Waals surface area contributed by atoms with E-state index in [0.29, 0.717) is 0 Å². The van der Waals surface area contributed by atoms with Crippen molar-refractivity contribution in [2.45, 2.75) is 48.0 Å². The van der Waals surface area contributed by atoms with Gasteiger partial charge in [-0.2, -0.15) is 0 Å². The van der Waals surface area contributed by atoms with Gasteiger partial charge in [-0.1, -0.05) is 38.5 Å². The molecule has 2 aromatic carbocycles. The van der Waals surface area contributed by atoms with E-state index in [1.807, 2.05) is 12.4 Å². The van der Waals surface area contributed by atoms with Crippen LogP contribution in [0.4, 0.5) is 0 Å². The van der Waals surface area contributed by atoms with Crippen molar-refractivity contribution in [1.82, 2.24) is 9.97 Å². The molecule has 0 atom stereocenters. The average molecular weight is 411 g/mol. The quantitative estimate of drug-likeness (QED) is 0.371. The average Bonchev–Trinajstić information content (AvgIpc) is 2.70. The van der Waals surface area contributed by atoms with Gasteiger partial charge in [-0.25, -0.2) is 4.57 Å². The molecule has 0 amide bonds. The van der Waals surface area contributed by atoms with Crippen LogP contribution in [0.3, 0.4) is 0 Å². The zero-order chi connectivity index (χ0) is 22.3. The SMILES string of the molecule is Cc1cc(C)c(C)c(-c2c3ccc(-c4cnc(CC(C)(C)C)cn4)cc3cc[n+]2C)c1. The van der Waals surface area contributed by atoms with Gasteiger partial charge in [0.15, 0.2) is 6.20 Å². The Hall–Kier alpha value is -3.07. The van der Waals surface area contributed by atoms with Crippen LogP contribution < -0.4 is 4.57 Å². The van der Waals surface area contributed by atoms with Crippen molar-refractivity contribution >= 4 is 10.8 Å². The van der Waals surface area contributed by atoms with Gasteiger partial charge in [0.05, 0.1) is 28.5 Å². The summed E-state index contributed by atoms with van der Waals surface area (Å²) in [5.74, 6) is 0. The minimum atomic E-state index is 0.206. The number of hydrogen-bond donors (Lipinski definition) is 0. The van der Waals surface area contributed by atoms with Crippen molar-refractivity contribution in [3.63, 3.8) is 0 Å². The van der Waals surface area contributed by atoms with Crippen molar-refractivity contribution in [3.05, 3.63) is 77.4 Å². The molecule has 31 heavy (non-hydrogen) atoms. The minimum absolute atomic E-state index is 0.206. The Labute approximate surface area is 185 Å². The fourth-order valence-corrected chi connectivity index (χ4v) is 4.29. The molecule has 4 rings (SSSR count). The molecule has 0 saturated heterocycles. The third-order valence-corrected chi connectivity index (χ3v) is 5.92. The van der Waals surface area contributed by atoms with Gasteiger partial charge in [-0.3, -0.25) is 9.97 Å². The van der Waals surface area contributed by atoms with Gasteiger partial charge < -0.3 is 0 Å². The Morgan fingerprint density at radius 1 is 0.903 bits per heavy atom. The van der Waals surface area contributed by atoms with E-state index in [4.69, 9.17) is 4.98 Å². The van der Waals surface area contributed by atoms with E-state index in [-0.39, 0.29) is 5.41 Å². The lowest BCUT2D eigenvalue weighted by atomic mass is 9.91. The molecule has 2 aromatic heterocycles. The first-order chi connectivity index (χ1) is 14.6. The summed E-state index contributed by atoms with van der Waals surface area (Å²) in [5.41, 5.74) is 9.75. The molecule has 0 fully saturated rings. The summed E-state index contributed by atoms with van der Waals surface area (Å²) in [4.78, 5) is 9.37. The second-order valence-corrected chi connectivity index (χ2v) is 9.96. The van der Waals surface area contributed by atoms with Crippen LogP contribution in [0, 0.1) is 26.2 Å². The molecule has 3 nitrogen and oxygen atoms in total. The number of aryl methyl sites for hydroxylation is 3. The third kappa shape index (κ3) is 4.36. The summed E-state index contributed by atoms with van der Waals surface area (Å²) in [6.45, 7) is 13.2. The Kier molecular flexibility index (Phi) is 5.38. The maximum absolute atomic E-state index is 4.71. The molecule has 0 aliphatic heterocycles. The van der Waals surface area contributed by atoms with E-state index in [1.54, 1.807) is 0 Å². The van der Waals surface area contributed by atoms with Gasteiger partial charge >= 0.3 is 0 Å². The van der Waals surface area contributed by atoms with Crippen LogP contribution in [0.25, 0.3) is 33.3 Å². The topological polar surface area (TPSA) is 29.7 Å². The van der Waals surface area contributed by atoms with Crippen molar-refractivity contribution in [2.24, 2.45) is 12.5 Å². The summed E-state index contributed by atoms with van der Waals surface area (Å²) in [5, 5.41) is 2.46. The Balaban J connectivity index is 1.79. The van der Waals surface area contributed by atoms with Crippen molar-refractivity contribution in [1.29, 1.82) is 0 Å². The van der Waals surface area contributed by atoms with E-state index in [2.05, 4.69) is 101 Å². The molecular formula is C28H32N3+. The molecule has 3 heteroatoms. The number of nitrogens with zero attached hydrogens (tertiary/aromatic N) is 3. The number of hydrogen-bond acceptors (Lipinski definition) is 2. The normalized spacial score (nSPS) is 11.8. The van der Waals surface area contributed by atoms with Gasteiger partial charge in [-0.05, 0) is 67.3 Å². The Morgan fingerprint density at radius 2 is 1.68 bits per heavy atom. The van der Waals surface area contributed by atoms with E-state index < -0.39 is 0 Å². The van der Waals surface area contributed by atoms with Gasteiger partial charge in [0.2, 0.25) is 5.69 Å². The van der Waals surface area contributed by atoms with Crippen LogP contribution in [0.1, 0.15) is 43.2 Å². The molecule has 0 bridgehead atoms. The van der Waals surface area contributed by atoms with Crippen molar-refractivity contribution < 1.29 is 4.57 Å². The zero-order valence-electron chi connectivity index (χ0n) is 19.7. The molecule has 0 aliphatic rings. The van der Waals surface area contributed by atoms with Crippen LogP contribution in [0.5, 0.6) is 0 Å². The highest BCUT2D eigenvalue weighted by Crippen LogP contribution is 2.32. The van der Waals surface area contributed by atoms with Crippen molar-refractivity contribution in [2.75, 3.05) is 0 Å².